The van der Waals surface area contributed by atoms with Gasteiger partial charge in [0.1, 0.15) is 11.6 Å². The van der Waals surface area contributed by atoms with Crippen molar-refractivity contribution in [2.24, 2.45) is 0 Å². The van der Waals surface area contributed by atoms with Gasteiger partial charge < -0.3 is 15.4 Å². The van der Waals surface area contributed by atoms with Crippen LogP contribution in [-0.4, -0.2) is 18.8 Å². The van der Waals surface area contributed by atoms with Gasteiger partial charge in [-0.25, -0.2) is 9.18 Å². The van der Waals surface area contributed by atoms with E-state index in [-0.39, 0.29) is 11.8 Å². The van der Waals surface area contributed by atoms with Crippen LogP contribution in [0.5, 0.6) is 5.75 Å². The summed E-state index contributed by atoms with van der Waals surface area (Å²) in [6, 6.07) is 13.0. The van der Waals surface area contributed by atoms with Gasteiger partial charge in [-0.05, 0) is 49.2 Å². The lowest BCUT2D eigenvalue weighted by molar-refractivity contribution is 0.177. The molecule has 0 heterocycles. The predicted molar refractivity (Wildman–Crippen MR) is 88.2 cm³/mol. The van der Waals surface area contributed by atoms with Crippen LogP contribution in [0.2, 0.25) is 5.02 Å². The van der Waals surface area contributed by atoms with E-state index < -0.39 is 6.23 Å². The molecule has 1 unspecified atom stereocenters. The van der Waals surface area contributed by atoms with Crippen molar-refractivity contribution in [2.45, 2.75) is 19.6 Å². The molecule has 2 aromatic rings. The molecule has 0 spiro atoms. The summed E-state index contributed by atoms with van der Waals surface area (Å²) in [5.74, 6) is 0.336. The van der Waals surface area contributed by atoms with Crippen LogP contribution in [0.15, 0.2) is 48.5 Å². The smallest absolute Gasteiger partial charge is 0.317 e. The minimum atomic E-state index is -0.510. The average Bonchev–Trinajstić information content (AvgIpc) is 2.51. The van der Waals surface area contributed by atoms with Crippen molar-refractivity contribution < 1.29 is 13.9 Å². The number of amides is 2. The Labute approximate surface area is 139 Å². The zero-order chi connectivity index (χ0) is 16.7. The predicted octanol–water partition coefficient (Wildman–Crippen LogP) is 3.75. The molecule has 0 bridgehead atoms. The lowest BCUT2D eigenvalue weighted by atomic mass is 10.1. The van der Waals surface area contributed by atoms with Gasteiger partial charge in [-0.1, -0.05) is 29.8 Å². The van der Waals surface area contributed by atoms with E-state index in [4.69, 9.17) is 16.3 Å². The molecule has 6 heteroatoms. The quantitative estimate of drug-likeness (QED) is 0.789. The summed E-state index contributed by atoms with van der Waals surface area (Å²) >= 11 is 5.79. The second-order valence-electron chi connectivity index (χ2n) is 4.96. The molecule has 0 aromatic heterocycles. The van der Waals surface area contributed by atoms with Gasteiger partial charge in [0.15, 0.2) is 6.23 Å². The van der Waals surface area contributed by atoms with Crippen LogP contribution < -0.4 is 15.4 Å². The Balaban J connectivity index is 1.71. The molecule has 4 nitrogen and oxygen atoms in total. The molecule has 0 aliphatic heterocycles. The maximum absolute atomic E-state index is 13.4. The number of rotatable bonds is 6. The molecule has 0 radical (unpaired) electrons. The first-order chi connectivity index (χ1) is 11.0. The second kappa shape index (κ2) is 8.39. The molecule has 2 aromatic carbocycles. The third-order valence-electron chi connectivity index (χ3n) is 3.10. The van der Waals surface area contributed by atoms with Crippen molar-refractivity contribution >= 4 is 17.6 Å². The normalized spacial score (nSPS) is 11.6. The van der Waals surface area contributed by atoms with E-state index in [0.717, 1.165) is 0 Å². The molecule has 0 aliphatic carbocycles. The molecular weight excluding hydrogens is 319 g/mol. The van der Waals surface area contributed by atoms with Gasteiger partial charge >= 0.3 is 6.03 Å². The standard InChI is InChI=1S/C17H18ClFN2O2/c1-12(23-15-8-6-14(18)7-9-15)21-17(22)20-11-10-13-4-2-3-5-16(13)19/h2-9,12H,10-11H2,1H3,(H2,20,21,22). The molecule has 0 aliphatic rings. The van der Waals surface area contributed by atoms with E-state index in [2.05, 4.69) is 10.6 Å². The number of nitrogens with one attached hydrogen (secondary N) is 2. The van der Waals surface area contributed by atoms with Gasteiger partial charge in [0.05, 0.1) is 0 Å². The van der Waals surface area contributed by atoms with Gasteiger partial charge in [-0.3, -0.25) is 0 Å². The fourth-order valence-corrected chi connectivity index (χ4v) is 2.12. The Kier molecular flexibility index (Phi) is 6.23. The van der Waals surface area contributed by atoms with Crippen LogP contribution in [0.3, 0.4) is 0 Å². The van der Waals surface area contributed by atoms with Gasteiger partial charge in [0.2, 0.25) is 0 Å². The number of ether oxygens (including phenoxy) is 1. The summed E-state index contributed by atoms with van der Waals surface area (Å²) in [4.78, 5) is 11.8. The number of halogens is 2. The molecule has 0 saturated heterocycles. The Morgan fingerprint density at radius 3 is 2.61 bits per heavy atom. The second-order valence-corrected chi connectivity index (χ2v) is 5.39. The molecule has 2 N–H and O–H groups in total. The van der Waals surface area contributed by atoms with Crippen molar-refractivity contribution in [1.82, 2.24) is 10.6 Å². The summed E-state index contributed by atoms with van der Waals surface area (Å²) in [5, 5.41) is 5.93. The van der Waals surface area contributed by atoms with Crippen LogP contribution in [0.1, 0.15) is 12.5 Å². The Hall–Kier alpha value is -2.27. The van der Waals surface area contributed by atoms with E-state index in [9.17, 15) is 9.18 Å². The maximum atomic E-state index is 13.4. The van der Waals surface area contributed by atoms with Crippen LogP contribution in [0.4, 0.5) is 9.18 Å². The fourth-order valence-electron chi connectivity index (χ4n) is 1.99. The summed E-state index contributed by atoms with van der Waals surface area (Å²) in [5.41, 5.74) is 0.568. The van der Waals surface area contributed by atoms with Crippen LogP contribution >= 0.6 is 11.6 Å². The topological polar surface area (TPSA) is 50.4 Å². The lowest BCUT2D eigenvalue weighted by Gasteiger charge is -2.16. The molecule has 1 atom stereocenters. The van der Waals surface area contributed by atoms with Gasteiger partial charge in [0.25, 0.3) is 0 Å². The highest BCUT2D eigenvalue weighted by atomic mass is 35.5. The molecule has 0 saturated carbocycles. The Bertz CT molecular complexity index is 649. The summed E-state index contributed by atoms with van der Waals surface area (Å²) in [7, 11) is 0. The third-order valence-corrected chi connectivity index (χ3v) is 3.35. The molecule has 122 valence electrons. The molecule has 23 heavy (non-hydrogen) atoms. The summed E-state index contributed by atoms with van der Waals surface area (Å²) in [6.07, 6.45) is -0.0865. The maximum Gasteiger partial charge on any atom is 0.317 e. The van der Waals surface area contributed by atoms with Crippen molar-refractivity contribution in [3.05, 3.63) is 64.9 Å². The minimum absolute atomic E-state index is 0.269. The van der Waals surface area contributed by atoms with E-state index in [1.165, 1.54) is 6.07 Å². The van der Waals surface area contributed by atoms with Crippen molar-refractivity contribution in [3.8, 4) is 5.75 Å². The molecular formula is C17H18ClFN2O2. The van der Waals surface area contributed by atoms with E-state index in [1.54, 1.807) is 49.4 Å². The molecule has 2 rings (SSSR count). The highest BCUT2D eigenvalue weighted by molar-refractivity contribution is 6.30. The first kappa shape index (κ1) is 17.1. The molecule has 2 amide bonds. The van der Waals surface area contributed by atoms with Gasteiger partial charge in [-0.2, -0.15) is 0 Å². The summed E-state index contributed by atoms with van der Waals surface area (Å²) < 4.78 is 19.0. The summed E-state index contributed by atoms with van der Waals surface area (Å²) in [6.45, 7) is 2.05. The molecule has 0 fully saturated rings. The number of carbonyl (C=O) groups is 1. The number of benzene rings is 2. The number of hydrogen-bond acceptors (Lipinski definition) is 2. The first-order valence-corrected chi connectivity index (χ1v) is 7.62. The zero-order valence-electron chi connectivity index (χ0n) is 12.7. The minimum Gasteiger partial charge on any atom is -0.471 e. The SMILES string of the molecule is CC(NC(=O)NCCc1ccccc1F)Oc1ccc(Cl)cc1. The largest absolute Gasteiger partial charge is 0.471 e. The highest BCUT2D eigenvalue weighted by Gasteiger charge is 2.08. The number of carbonyl (C=O) groups excluding carboxylic acids is 1. The van der Waals surface area contributed by atoms with Crippen LogP contribution in [0, 0.1) is 5.82 Å². The van der Waals surface area contributed by atoms with E-state index in [1.807, 2.05) is 0 Å². The van der Waals surface area contributed by atoms with Gasteiger partial charge in [-0.15, -0.1) is 0 Å². The Morgan fingerprint density at radius 2 is 1.91 bits per heavy atom. The van der Waals surface area contributed by atoms with Crippen LogP contribution in [0.25, 0.3) is 0 Å². The third kappa shape index (κ3) is 5.79. The number of hydrogen-bond donors (Lipinski definition) is 2. The van der Waals surface area contributed by atoms with Crippen LogP contribution in [-0.2, 0) is 6.42 Å². The monoisotopic (exact) mass is 336 g/mol. The average molecular weight is 337 g/mol. The van der Waals surface area contributed by atoms with E-state index >= 15 is 0 Å². The fraction of sp³-hybridized carbons (Fsp3) is 0.235. The zero-order valence-corrected chi connectivity index (χ0v) is 13.4. The first-order valence-electron chi connectivity index (χ1n) is 7.24. The Morgan fingerprint density at radius 1 is 1.22 bits per heavy atom. The van der Waals surface area contributed by atoms with Gasteiger partial charge in [0, 0.05) is 11.6 Å². The number of urea groups is 1. The highest BCUT2D eigenvalue weighted by Crippen LogP contribution is 2.16. The van der Waals surface area contributed by atoms with Crippen molar-refractivity contribution in [2.75, 3.05) is 6.54 Å². The van der Waals surface area contributed by atoms with E-state index in [0.29, 0.717) is 29.3 Å². The van der Waals surface area contributed by atoms with Crippen molar-refractivity contribution in [1.29, 1.82) is 0 Å². The van der Waals surface area contributed by atoms with Crippen molar-refractivity contribution in [3.63, 3.8) is 0 Å². The lowest BCUT2D eigenvalue weighted by Crippen LogP contribution is -2.43.